The molecule has 1 amide bonds. The van der Waals surface area contributed by atoms with Crippen LogP contribution in [-0.4, -0.2) is 12.0 Å². The van der Waals surface area contributed by atoms with E-state index in [2.05, 4.69) is 5.32 Å². The molecule has 0 fully saturated rings. The second kappa shape index (κ2) is 7.32. The van der Waals surface area contributed by atoms with Gasteiger partial charge in [-0.05, 0) is 38.5 Å². The quantitative estimate of drug-likeness (QED) is 0.893. The van der Waals surface area contributed by atoms with Crippen LogP contribution in [0.3, 0.4) is 0 Å². The zero-order valence-electron chi connectivity index (χ0n) is 13.0. The number of benzene rings is 2. The number of hydrogen-bond donors (Lipinski definition) is 1. The number of aryl methyl sites for hydroxylation is 1. The van der Waals surface area contributed by atoms with E-state index in [-0.39, 0.29) is 11.9 Å². The first-order chi connectivity index (χ1) is 10.5. The third-order valence-electron chi connectivity index (χ3n) is 3.45. The lowest BCUT2D eigenvalue weighted by molar-refractivity contribution is -0.127. The Kier molecular flexibility index (Phi) is 5.45. The van der Waals surface area contributed by atoms with Crippen LogP contribution in [0.2, 0.25) is 5.02 Å². The third-order valence-corrected chi connectivity index (χ3v) is 3.76. The number of nitrogens with one attached hydrogen (secondary N) is 1. The van der Waals surface area contributed by atoms with Gasteiger partial charge >= 0.3 is 0 Å². The van der Waals surface area contributed by atoms with Gasteiger partial charge < -0.3 is 10.1 Å². The summed E-state index contributed by atoms with van der Waals surface area (Å²) in [5.74, 6) is 0.336. The Morgan fingerprint density at radius 1 is 1.09 bits per heavy atom. The fraction of sp³-hybridized carbons (Fsp3) is 0.278. The van der Waals surface area contributed by atoms with Gasteiger partial charge in [-0.25, -0.2) is 0 Å². The van der Waals surface area contributed by atoms with Crippen molar-refractivity contribution in [3.8, 4) is 5.75 Å². The molecule has 2 aromatic carbocycles. The maximum absolute atomic E-state index is 12.2. The van der Waals surface area contributed by atoms with Gasteiger partial charge in [0.05, 0.1) is 11.1 Å². The summed E-state index contributed by atoms with van der Waals surface area (Å²) < 4.78 is 5.62. The lowest BCUT2D eigenvalue weighted by Gasteiger charge is -2.19. The molecule has 0 saturated heterocycles. The first kappa shape index (κ1) is 16.4. The van der Waals surface area contributed by atoms with Crippen LogP contribution in [0.25, 0.3) is 0 Å². The average Bonchev–Trinajstić information content (AvgIpc) is 2.50. The van der Waals surface area contributed by atoms with Crippen molar-refractivity contribution in [2.45, 2.75) is 32.9 Å². The van der Waals surface area contributed by atoms with Crippen LogP contribution in [-0.2, 0) is 4.79 Å². The number of para-hydroxylation sites is 1. The Labute approximate surface area is 136 Å². The van der Waals surface area contributed by atoms with Gasteiger partial charge in [0, 0.05) is 0 Å². The van der Waals surface area contributed by atoms with Gasteiger partial charge in [-0.3, -0.25) is 4.79 Å². The van der Waals surface area contributed by atoms with Crippen molar-refractivity contribution in [3.05, 3.63) is 64.7 Å². The Morgan fingerprint density at radius 2 is 1.73 bits per heavy atom. The highest BCUT2D eigenvalue weighted by molar-refractivity contribution is 6.32. The molecule has 0 radical (unpaired) electrons. The summed E-state index contributed by atoms with van der Waals surface area (Å²) >= 11 is 6.03. The molecular weight excluding hydrogens is 298 g/mol. The summed E-state index contributed by atoms with van der Waals surface area (Å²) in [6.07, 6.45) is -0.618. The van der Waals surface area contributed by atoms with Crippen molar-refractivity contribution >= 4 is 17.5 Å². The van der Waals surface area contributed by atoms with Gasteiger partial charge in [-0.15, -0.1) is 0 Å². The van der Waals surface area contributed by atoms with Crippen LogP contribution in [0.5, 0.6) is 5.75 Å². The van der Waals surface area contributed by atoms with Gasteiger partial charge in [0.15, 0.2) is 6.10 Å². The molecular formula is C18H20ClNO2. The van der Waals surface area contributed by atoms with E-state index < -0.39 is 6.10 Å². The SMILES string of the molecule is Cc1ccc([C@H](C)NC(=O)[C@H](C)Oc2ccccc2Cl)cc1. The van der Waals surface area contributed by atoms with Crippen LogP contribution in [0.4, 0.5) is 0 Å². The zero-order chi connectivity index (χ0) is 16.1. The number of halogens is 1. The molecule has 0 aliphatic heterocycles. The van der Waals surface area contributed by atoms with E-state index in [0.717, 1.165) is 5.56 Å². The molecule has 3 nitrogen and oxygen atoms in total. The summed E-state index contributed by atoms with van der Waals surface area (Å²) in [4.78, 5) is 12.2. The number of carbonyl (C=O) groups excluding carboxylic acids is 1. The fourth-order valence-electron chi connectivity index (χ4n) is 2.05. The van der Waals surface area contributed by atoms with Crippen molar-refractivity contribution < 1.29 is 9.53 Å². The molecule has 2 aromatic rings. The first-order valence-corrected chi connectivity index (χ1v) is 7.63. The number of rotatable bonds is 5. The van der Waals surface area contributed by atoms with Crippen LogP contribution < -0.4 is 10.1 Å². The number of ether oxygens (including phenoxy) is 1. The summed E-state index contributed by atoms with van der Waals surface area (Å²) in [6.45, 7) is 5.69. The van der Waals surface area contributed by atoms with Crippen LogP contribution in [0.15, 0.2) is 48.5 Å². The fourth-order valence-corrected chi connectivity index (χ4v) is 2.23. The minimum atomic E-state index is -0.618. The third kappa shape index (κ3) is 4.25. The average molecular weight is 318 g/mol. The topological polar surface area (TPSA) is 38.3 Å². The zero-order valence-corrected chi connectivity index (χ0v) is 13.7. The van der Waals surface area contributed by atoms with Gasteiger partial charge in [-0.2, -0.15) is 0 Å². The molecule has 1 N–H and O–H groups in total. The van der Waals surface area contributed by atoms with E-state index in [1.54, 1.807) is 19.1 Å². The van der Waals surface area contributed by atoms with Crippen LogP contribution in [0.1, 0.15) is 31.0 Å². The maximum Gasteiger partial charge on any atom is 0.261 e. The van der Waals surface area contributed by atoms with E-state index in [0.29, 0.717) is 10.8 Å². The Balaban J connectivity index is 1.96. The van der Waals surface area contributed by atoms with E-state index in [1.807, 2.05) is 50.2 Å². The molecule has 0 aromatic heterocycles. The Bertz CT molecular complexity index is 640. The summed E-state index contributed by atoms with van der Waals surface area (Å²) in [6, 6.07) is 15.1. The molecule has 4 heteroatoms. The van der Waals surface area contributed by atoms with Gasteiger partial charge in [0.25, 0.3) is 5.91 Å². The molecule has 0 heterocycles. The van der Waals surface area contributed by atoms with Crippen LogP contribution in [0, 0.1) is 6.92 Å². The second-order valence-electron chi connectivity index (χ2n) is 5.33. The van der Waals surface area contributed by atoms with E-state index in [9.17, 15) is 4.79 Å². The highest BCUT2D eigenvalue weighted by Gasteiger charge is 2.18. The molecule has 0 bridgehead atoms. The van der Waals surface area contributed by atoms with Crippen molar-refractivity contribution in [2.24, 2.45) is 0 Å². The molecule has 2 rings (SSSR count). The minimum Gasteiger partial charge on any atom is -0.479 e. The van der Waals surface area contributed by atoms with Crippen LogP contribution >= 0.6 is 11.6 Å². The number of amides is 1. The lowest BCUT2D eigenvalue weighted by Crippen LogP contribution is -2.37. The van der Waals surface area contributed by atoms with E-state index in [1.165, 1.54) is 5.56 Å². The molecule has 0 saturated carbocycles. The minimum absolute atomic E-state index is 0.0783. The lowest BCUT2D eigenvalue weighted by atomic mass is 10.1. The highest BCUT2D eigenvalue weighted by Crippen LogP contribution is 2.24. The largest absolute Gasteiger partial charge is 0.479 e. The predicted octanol–water partition coefficient (Wildman–Crippen LogP) is 4.29. The van der Waals surface area contributed by atoms with Gasteiger partial charge in [0.2, 0.25) is 0 Å². The maximum atomic E-state index is 12.2. The summed E-state index contributed by atoms with van der Waals surface area (Å²) in [7, 11) is 0. The molecule has 0 unspecified atom stereocenters. The predicted molar refractivity (Wildman–Crippen MR) is 89.3 cm³/mol. The smallest absolute Gasteiger partial charge is 0.261 e. The van der Waals surface area contributed by atoms with Crippen molar-refractivity contribution in [1.29, 1.82) is 0 Å². The van der Waals surface area contributed by atoms with Crippen molar-refractivity contribution in [1.82, 2.24) is 5.32 Å². The van der Waals surface area contributed by atoms with Crippen molar-refractivity contribution in [3.63, 3.8) is 0 Å². The number of hydrogen-bond acceptors (Lipinski definition) is 2. The standard InChI is InChI=1S/C18H20ClNO2/c1-12-8-10-15(11-9-12)13(2)20-18(21)14(3)22-17-7-5-4-6-16(17)19/h4-11,13-14H,1-3H3,(H,20,21)/t13-,14-/m0/s1. The summed E-state index contributed by atoms with van der Waals surface area (Å²) in [5.41, 5.74) is 2.25. The molecule has 116 valence electrons. The molecule has 2 atom stereocenters. The van der Waals surface area contributed by atoms with E-state index >= 15 is 0 Å². The summed E-state index contributed by atoms with van der Waals surface area (Å²) in [5, 5.41) is 3.44. The monoisotopic (exact) mass is 317 g/mol. The van der Waals surface area contributed by atoms with E-state index in [4.69, 9.17) is 16.3 Å². The second-order valence-corrected chi connectivity index (χ2v) is 5.74. The molecule has 22 heavy (non-hydrogen) atoms. The molecule has 0 spiro atoms. The van der Waals surface area contributed by atoms with Gasteiger partial charge in [0.1, 0.15) is 5.75 Å². The van der Waals surface area contributed by atoms with Gasteiger partial charge in [-0.1, -0.05) is 53.6 Å². The molecule has 0 aliphatic rings. The Hall–Kier alpha value is -2.00. The first-order valence-electron chi connectivity index (χ1n) is 7.25. The Morgan fingerprint density at radius 3 is 2.36 bits per heavy atom. The highest BCUT2D eigenvalue weighted by atomic mass is 35.5. The van der Waals surface area contributed by atoms with Crippen molar-refractivity contribution in [2.75, 3.05) is 0 Å². The normalized spacial score (nSPS) is 13.3. The number of carbonyl (C=O) groups is 1. The molecule has 0 aliphatic carbocycles.